The van der Waals surface area contributed by atoms with Crippen LogP contribution in [0.1, 0.15) is 31.2 Å². The van der Waals surface area contributed by atoms with Gasteiger partial charge >= 0.3 is 5.69 Å². The van der Waals surface area contributed by atoms with Crippen LogP contribution < -0.4 is 20.7 Å². The van der Waals surface area contributed by atoms with Crippen molar-refractivity contribution in [3.63, 3.8) is 0 Å². The zero-order valence-electron chi connectivity index (χ0n) is 18.8. The van der Waals surface area contributed by atoms with E-state index in [1.54, 1.807) is 19.2 Å². The standard InChI is InChI=1S/C23H27F3N4O4/c1-13-6-9-16(12-19(13)34-2)28-23(31)14-7-10-15(11-8-14)27-17-4-3-5-18(20(17)30(32)33)29-22(26)21(24)25/h3-6,9,12,14-15,21-22,27,29H,7-8,10-11H2,1-2H3,(H,28,31). The number of para-hydroxylation sites is 1. The van der Waals surface area contributed by atoms with Gasteiger partial charge in [0.2, 0.25) is 12.2 Å². The van der Waals surface area contributed by atoms with E-state index in [9.17, 15) is 28.1 Å². The molecule has 3 N–H and O–H groups in total. The molecule has 1 atom stereocenters. The smallest absolute Gasteiger partial charge is 0.315 e. The van der Waals surface area contributed by atoms with Gasteiger partial charge in [-0.2, -0.15) is 0 Å². The fourth-order valence-corrected chi connectivity index (χ4v) is 4.05. The molecule has 0 spiro atoms. The van der Waals surface area contributed by atoms with Gasteiger partial charge in [-0.1, -0.05) is 12.1 Å². The predicted molar refractivity (Wildman–Crippen MR) is 123 cm³/mol. The number of carbonyl (C=O) groups excluding carboxylic acids is 1. The highest BCUT2D eigenvalue weighted by molar-refractivity contribution is 5.92. The Bertz CT molecular complexity index is 1030. The molecule has 11 heteroatoms. The minimum Gasteiger partial charge on any atom is -0.496 e. The van der Waals surface area contributed by atoms with E-state index in [4.69, 9.17) is 4.74 Å². The number of methoxy groups -OCH3 is 1. The van der Waals surface area contributed by atoms with E-state index < -0.39 is 23.3 Å². The zero-order chi connectivity index (χ0) is 24.8. The third-order valence-electron chi connectivity index (χ3n) is 5.87. The average Bonchev–Trinajstić information content (AvgIpc) is 2.80. The maximum atomic E-state index is 13.4. The van der Waals surface area contributed by atoms with E-state index in [2.05, 4.69) is 10.6 Å². The highest BCUT2D eigenvalue weighted by Crippen LogP contribution is 2.36. The molecule has 2 aromatic carbocycles. The summed E-state index contributed by atoms with van der Waals surface area (Å²) in [4.78, 5) is 23.5. The molecule has 1 saturated carbocycles. The molecule has 8 nitrogen and oxygen atoms in total. The summed E-state index contributed by atoms with van der Waals surface area (Å²) in [6.45, 7) is 1.91. The van der Waals surface area contributed by atoms with Gasteiger partial charge in [-0.3, -0.25) is 14.9 Å². The molecule has 0 aliphatic heterocycles. The topological polar surface area (TPSA) is 106 Å². The Morgan fingerprint density at radius 1 is 1.12 bits per heavy atom. The van der Waals surface area contributed by atoms with Gasteiger partial charge in [0.25, 0.3) is 6.43 Å². The molecule has 1 unspecified atom stereocenters. The summed E-state index contributed by atoms with van der Waals surface area (Å²) in [5, 5.41) is 19.4. The van der Waals surface area contributed by atoms with E-state index in [-0.39, 0.29) is 29.2 Å². The molecule has 0 bridgehead atoms. The number of hydrogen-bond donors (Lipinski definition) is 3. The van der Waals surface area contributed by atoms with Crippen LogP contribution in [0.2, 0.25) is 0 Å². The molecule has 1 fully saturated rings. The molecule has 0 heterocycles. The van der Waals surface area contributed by atoms with Gasteiger partial charge in [-0.25, -0.2) is 13.2 Å². The van der Waals surface area contributed by atoms with Gasteiger partial charge in [-0.05, 0) is 56.4 Å². The first-order valence-corrected chi connectivity index (χ1v) is 10.9. The maximum Gasteiger partial charge on any atom is 0.315 e. The SMILES string of the molecule is COc1cc(NC(=O)C2CCC(Nc3cccc(NC(F)C(F)F)c3[N+](=O)[O-])CC2)ccc1C. The summed E-state index contributed by atoms with van der Waals surface area (Å²) in [5.41, 5.74) is 0.874. The quantitative estimate of drug-likeness (QED) is 0.249. The second-order valence-corrected chi connectivity index (χ2v) is 8.21. The van der Waals surface area contributed by atoms with E-state index in [1.807, 2.05) is 18.3 Å². The first kappa shape index (κ1) is 25.1. The van der Waals surface area contributed by atoms with Gasteiger partial charge in [0.15, 0.2) is 0 Å². The van der Waals surface area contributed by atoms with Gasteiger partial charge in [0.05, 0.1) is 12.0 Å². The number of rotatable bonds is 9. The van der Waals surface area contributed by atoms with Crippen LogP contribution in [0.5, 0.6) is 5.75 Å². The second-order valence-electron chi connectivity index (χ2n) is 8.21. The van der Waals surface area contributed by atoms with Gasteiger partial charge < -0.3 is 20.7 Å². The molecular weight excluding hydrogens is 453 g/mol. The van der Waals surface area contributed by atoms with Crippen LogP contribution in [0.25, 0.3) is 0 Å². The van der Waals surface area contributed by atoms with E-state index in [0.717, 1.165) is 5.56 Å². The fraction of sp³-hybridized carbons (Fsp3) is 0.435. The summed E-state index contributed by atoms with van der Waals surface area (Å²) < 4.78 is 43.8. The van der Waals surface area contributed by atoms with Crippen LogP contribution in [-0.2, 0) is 4.79 Å². The Balaban J connectivity index is 1.61. The van der Waals surface area contributed by atoms with Crippen molar-refractivity contribution >= 4 is 28.7 Å². The summed E-state index contributed by atoms with van der Waals surface area (Å²) in [5.74, 6) is 0.353. The number of nitrogens with one attached hydrogen (secondary N) is 3. The molecule has 184 valence electrons. The van der Waals surface area contributed by atoms with E-state index >= 15 is 0 Å². The third-order valence-corrected chi connectivity index (χ3v) is 5.87. The number of hydrogen-bond acceptors (Lipinski definition) is 6. The molecular formula is C23H27F3N4O4. The van der Waals surface area contributed by atoms with Crippen LogP contribution in [0, 0.1) is 23.0 Å². The number of halogens is 3. The van der Waals surface area contributed by atoms with Crippen molar-refractivity contribution in [2.75, 3.05) is 23.1 Å². The third kappa shape index (κ3) is 6.09. The average molecular weight is 480 g/mol. The van der Waals surface area contributed by atoms with Gasteiger partial charge in [0, 0.05) is 23.7 Å². The molecule has 2 aromatic rings. The van der Waals surface area contributed by atoms with Crippen molar-refractivity contribution in [1.29, 1.82) is 0 Å². The number of alkyl halides is 3. The molecule has 1 amide bonds. The van der Waals surface area contributed by atoms with Crippen molar-refractivity contribution in [2.45, 2.75) is 51.4 Å². The first-order chi connectivity index (χ1) is 16.2. The highest BCUT2D eigenvalue weighted by atomic mass is 19.3. The Morgan fingerprint density at radius 2 is 1.79 bits per heavy atom. The summed E-state index contributed by atoms with van der Waals surface area (Å²) in [6, 6.07) is 9.31. The van der Waals surface area contributed by atoms with Crippen LogP contribution in [0.3, 0.4) is 0 Å². The number of carbonyl (C=O) groups is 1. The highest BCUT2D eigenvalue weighted by Gasteiger charge is 2.30. The summed E-state index contributed by atoms with van der Waals surface area (Å²) in [7, 11) is 1.56. The minimum absolute atomic E-state index is 0.108. The van der Waals surface area contributed by atoms with E-state index in [1.165, 1.54) is 18.2 Å². The largest absolute Gasteiger partial charge is 0.496 e. The van der Waals surface area contributed by atoms with E-state index in [0.29, 0.717) is 37.1 Å². The molecule has 0 aromatic heterocycles. The number of ether oxygens (including phenoxy) is 1. The van der Waals surface area contributed by atoms with Crippen LogP contribution in [-0.4, -0.2) is 36.7 Å². The van der Waals surface area contributed by atoms with Crippen LogP contribution in [0.4, 0.5) is 35.9 Å². The van der Waals surface area contributed by atoms with Crippen molar-refractivity contribution in [1.82, 2.24) is 0 Å². The van der Waals surface area contributed by atoms with Crippen LogP contribution >= 0.6 is 0 Å². The molecule has 34 heavy (non-hydrogen) atoms. The number of nitro benzene ring substituents is 1. The lowest BCUT2D eigenvalue weighted by Gasteiger charge is -2.29. The number of anilines is 3. The number of nitrogens with zero attached hydrogens (tertiary/aromatic N) is 1. The lowest BCUT2D eigenvalue weighted by Crippen LogP contribution is -2.32. The fourth-order valence-electron chi connectivity index (χ4n) is 4.05. The van der Waals surface area contributed by atoms with Crippen molar-refractivity contribution in [3.8, 4) is 5.75 Å². The van der Waals surface area contributed by atoms with Crippen molar-refractivity contribution in [2.24, 2.45) is 5.92 Å². The number of benzene rings is 2. The molecule has 3 rings (SSSR count). The van der Waals surface area contributed by atoms with Gasteiger partial charge in [-0.15, -0.1) is 0 Å². The number of aryl methyl sites for hydroxylation is 1. The predicted octanol–water partition coefficient (Wildman–Crippen LogP) is 5.49. The Labute approximate surface area is 195 Å². The summed E-state index contributed by atoms with van der Waals surface area (Å²) in [6.07, 6.45) is -3.76. The molecule has 1 aliphatic rings. The monoisotopic (exact) mass is 480 g/mol. The number of amides is 1. The molecule has 1 aliphatic carbocycles. The van der Waals surface area contributed by atoms with Crippen molar-refractivity contribution in [3.05, 3.63) is 52.1 Å². The zero-order valence-corrected chi connectivity index (χ0v) is 18.8. The Morgan fingerprint density at radius 3 is 2.41 bits per heavy atom. The van der Waals surface area contributed by atoms with Crippen molar-refractivity contribution < 1.29 is 27.6 Å². The normalized spacial score (nSPS) is 18.8. The lowest BCUT2D eigenvalue weighted by atomic mass is 9.85. The molecule has 0 radical (unpaired) electrons. The van der Waals surface area contributed by atoms with Crippen LogP contribution in [0.15, 0.2) is 36.4 Å². The van der Waals surface area contributed by atoms with Gasteiger partial charge in [0.1, 0.15) is 17.1 Å². The summed E-state index contributed by atoms with van der Waals surface area (Å²) >= 11 is 0. The first-order valence-electron chi connectivity index (χ1n) is 10.9. The molecule has 0 saturated heterocycles. The number of nitro groups is 1. The second kappa shape index (κ2) is 11.1. The lowest BCUT2D eigenvalue weighted by molar-refractivity contribution is -0.383. The minimum atomic E-state index is -3.32. The maximum absolute atomic E-state index is 13.4. The Kier molecular flexibility index (Phi) is 8.19. The Hall–Kier alpha value is -3.50.